The summed E-state index contributed by atoms with van der Waals surface area (Å²) in [5.41, 5.74) is 3.90. The van der Waals surface area contributed by atoms with E-state index in [0.29, 0.717) is 17.2 Å². The molecule has 27 heavy (non-hydrogen) atoms. The minimum atomic E-state index is -0.926. The van der Waals surface area contributed by atoms with Gasteiger partial charge in [-0.3, -0.25) is 14.9 Å². The molecule has 136 valence electrons. The lowest BCUT2D eigenvalue weighted by Crippen LogP contribution is -2.23. The summed E-state index contributed by atoms with van der Waals surface area (Å²) in [7, 11) is 0. The maximum atomic E-state index is 11.4. The Balaban J connectivity index is 1.53. The quantitative estimate of drug-likeness (QED) is 0.740. The molecule has 1 N–H and O–H groups in total. The zero-order valence-corrected chi connectivity index (χ0v) is 15.0. The molecule has 1 fully saturated rings. The molecule has 2 aromatic heterocycles. The summed E-state index contributed by atoms with van der Waals surface area (Å²) in [6.07, 6.45) is 5.88. The highest BCUT2D eigenvalue weighted by Crippen LogP contribution is 2.32. The van der Waals surface area contributed by atoms with Crippen LogP contribution in [-0.2, 0) is 6.54 Å². The minimum Gasteiger partial charge on any atom is -0.478 e. The molecule has 1 aliphatic heterocycles. The van der Waals surface area contributed by atoms with Gasteiger partial charge in [-0.05, 0) is 49.2 Å². The highest BCUT2D eigenvalue weighted by molar-refractivity contribution is 5.95. The van der Waals surface area contributed by atoms with E-state index in [2.05, 4.69) is 20.9 Å². The van der Waals surface area contributed by atoms with Gasteiger partial charge in [-0.15, -0.1) is 0 Å². The molecule has 1 aliphatic rings. The van der Waals surface area contributed by atoms with Crippen molar-refractivity contribution in [3.63, 3.8) is 0 Å². The molecule has 3 heterocycles. The van der Waals surface area contributed by atoms with Crippen LogP contribution in [0, 0.1) is 0 Å². The van der Waals surface area contributed by atoms with Crippen LogP contribution in [0.1, 0.15) is 40.6 Å². The Hall–Kier alpha value is -3.05. The summed E-state index contributed by atoms with van der Waals surface area (Å²) in [6.45, 7) is 1.80. The Labute approximate surface area is 158 Å². The number of benzene rings is 1. The third kappa shape index (κ3) is 3.73. The maximum absolute atomic E-state index is 11.4. The van der Waals surface area contributed by atoms with Crippen molar-refractivity contribution in [2.75, 3.05) is 6.54 Å². The second kappa shape index (κ2) is 7.68. The molecule has 1 saturated heterocycles. The van der Waals surface area contributed by atoms with Gasteiger partial charge in [0.25, 0.3) is 0 Å². The molecule has 0 aliphatic carbocycles. The van der Waals surface area contributed by atoms with E-state index in [4.69, 9.17) is 0 Å². The summed E-state index contributed by atoms with van der Waals surface area (Å²) in [4.78, 5) is 22.9. The second-order valence-corrected chi connectivity index (χ2v) is 6.77. The maximum Gasteiger partial charge on any atom is 0.336 e. The Morgan fingerprint density at radius 1 is 1.07 bits per heavy atom. The summed E-state index contributed by atoms with van der Waals surface area (Å²) < 4.78 is 0. The van der Waals surface area contributed by atoms with Gasteiger partial charge in [-0.1, -0.05) is 30.3 Å². The fourth-order valence-electron chi connectivity index (χ4n) is 3.73. The predicted molar refractivity (Wildman–Crippen MR) is 103 cm³/mol. The molecule has 0 radical (unpaired) electrons. The number of aromatic nitrogens is 2. The third-order valence-corrected chi connectivity index (χ3v) is 5.05. The third-order valence-electron chi connectivity index (χ3n) is 5.05. The van der Waals surface area contributed by atoms with Crippen molar-refractivity contribution in [1.29, 1.82) is 0 Å². The lowest BCUT2D eigenvalue weighted by molar-refractivity contribution is 0.0697. The highest BCUT2D eigenvalue weighted by atomic mass is 16.4. The Bertz CT molecular complexity index is 926. The number of hydrogen-bond donors (Lipinski definition) is 1. The fourth-order valence-corrected chi connectivity index (χ4v) is 3.73. The van der Waals surface area contributed by atoms with Gasteiger partial charge in [0, 0.05) is 24.5 Å². The summed E-state index contributed by atoms with van der Waals surface area (Å²) in [5.74, 6) is -0.926. The van der Waals surface area contributed by atoms with Gasteiger partial charge >= 0.3 is 5.97 Å². The number of aromatic carboxylic acids is 1. The van der Waals surface area contributed by atoms with Crippen LogP contribution in [0.2, 0.25) is 0 Å². The Morgan fingerprint density at radius 3 is 2.67 bits per heavy atom. The predicted octanol–water partition coefficient (Wildman–Crippen LogP) is 4.18. The molecule has 0 spiro atoms. The average molecular weight is 359 g/mol. The van der Waals surface area contributed by atoms with Crippen molar-refractivity contribution in [1.82, 2.24) is 14.9 Å². The Morgan fingerprint density at radius 2 is 1.93 bits per heavy atom. The van der Waals surface area contributed by atoms with Crippen molar-refractivity contribution in [2.24, 2.45) is 0 Å². The zero-order chi connectivity index (χ0) is 18.6. The summed E-state index contributed by atoms with van der Waals surface area (Å²) >= 11 is 0. The first-order valence-electron chi connectivity index (χ1n) is 9.15. The van der Waals surface area contributed by atoms with E-state index in [1.807, 2.05) is 42.6 Å². The van der Waals surface area contributed by atoms with Gasteiger partial charge in [0.15, 0.2) is 0 Å². The molecule has 4 rings (SSSR count). The van der Waals surface area contributed by atoms with E-state index in [1.54, 1.807) is 18.3 Å². The van der Waals surface area contributed by atoms with E-state index >= 15 is 0 Å². The van der Waals surface area contributed by atoms with Gasteiger partial charge in [0.05, 0.1) is 23.0 Å². The van der Waals surface area contributed by atoms with Gasteiger partial charge in [-0.2, -0.15) is 0 Å². The Kier molecular flexibility index (Phi) is 4.94. The van der Waals surface area contributed by atoms with E-state index in [1.165, 1.54) is 0 Å². The number of rotatable bonds is 5. The molecule has 0 amide bonds. The van der Waals surface area contributed by atoms with Crippen LogP contribution >= 0.6 is 0 Å². The van der Waals surface area contributed by atoms with Crippen LogP contribution in [0.3, 0.4) is 0 Å². The monoisotopic (exact) mass is 359 g/mol. The lowest BCUT2D eigenvalue weighted by Gasteiger charge is -2.23. The van der Waals surface area contributed by atoms with Crippen LogP contribution in [0.4, 0.5) is 0 Å². The van der Waals surface area contributed by atoms with E-state index in [0.717, 1.165) is 42.9 Å². The number of carboxylic acids is 1. The van der Waals surface area contributed by atoms with Crippen molar-refractivity contribution < 1.29 is 9.90 Å². The number of likely N-dealkylation sites (tertiary alicyclic amines) is 1. The normalized spacial score (nSPS) is 17.1. The van der Waals surface area contributed by atoms with Gasteiger partial charge in [-0.25, -0.2) is 4.79 Å². The van der Waals surface area contributed by atoms with Crippen LogP contribution in [0.15, 0.2) is 67.0 Å². The minimum absolute atomic E-state index is 0.293. The fraction of sp³-hybridized carbons (Fsp3) is 0.227. The first-order valence-corrected chi connectivity index (χ1v) is 9.15. The van der Waals surface area contributed by atoms with Crippen molar-refractivity contribution in [3.05, 3.63) is 83.9 Å². The van der Waals surface area contributed by atoms with E-state index in [-0.39, 0.29) is 0 Å². The molecule has 3 aromatic rings. The molecule has 1 aromatic carbocycles. The smallest absolute Gasteiger partial charge is 0.336 e. The number of nitrogens with zero attached hydrogens (tertiary/aromatic N) is 3. The largest absolute Gasteiger partial charge is 0.478 e. The SMILES string of the molecule is O=C(O)c1ccccc1-c1ccc(CN2CCC[C@@H]2c2ccccn2)nc1. The first-order chi connectivity index (χ1) is 13.2. The molecular formula is C22H21N3O2. The topological polar surface area (TPSA) is 66.3 Å². The molecule has 0 saturated carbocycles. The first kappa shape index (κ1) is 17.4. The summed E-state index contributed by atoms with van der Waals surface area (Å²) in [6, 6.07) is 17.4. The molecule has 0 bridgehead atoms. The van der Waals surface area contributed by atoms with Crippen molar-refractivity contribution in [3.8, 4) is 11.1 Å². The van der Waals surface area contributed by atoms with Crippen LogP contribution in [0.25, 0.3) is 11.1 Å². The van der Waals surface area contributed by atoms with Gasteiger partial charge < -0.3 is 5.11 Å². The number of hydrogen-bond acceptors (Lipinski definition) is 4. The second-order valence-electron chi connectivity index (χ2n) is 6.77. The molecule has 5 heteroatoms. The van der Waals surface area contributed by atoms with E-state index < -0.39 is 5.97 Å². The molecule has 5 nitrogen and oxygen atoms in total. The number of carboxylic acid groups (broad SMARTS) is 1. The van der Waals surface area contributed by atoms with Crippen LogP contribution in [-0.4, -0.2) is 32.5 Å². The number of carbonyl (C=O) groups is 1. The number of pyridine rings is 2. The summed E-state index contributed by atoms with van der Waals surface area (Å²) in [5, 5.41) is 9.38. The van der Waals surface area contributed by atoms with E-state index in [9.17, 15) is 9.90 Å². The molecular weight excluding hydrogens is 338 g/mol. The zero-order valence-electron chi connectivity index (χ0n) is 15.0. The van der Waals surface area contributed by atoms with Crippen LogP contribution < -0.4 is 0 Å². The highest BCUT2D eigenvalue weighted by Gasteiger charge is 2.27. The molecule has 1 atom stereocenters. The van der Waals surface area contributed by atoms with Crippen LogP contribution in [0.5, 0.6) is 0 Å². The van der Waals surface area contributed by atoms with Crippen molar-refractivity contribution >= 4 is 5.97 Å². The lowest BCUT2D eigenvalue weighted by atomic mass is 10.0. The standard InChI is InChI=1S/C22H21N3O2/c26-22(27)19-7-2-1-6-18(19)16-10-11-17(24-14-16)15-25-13-5-9-21(25)20-8-3-4-12-23-20/h1-4,6-8,10-12,14,21H,5,9,13,15H2,(H,26,27)/t21-/m1/s1. The van der Waals surface area contributed by atoms with Gasteiger partial charge in [0.1, 0.15) is 0 Å². The van der Waals surface area contributed by atoms with Gasteiger partial charge in [0.2, 0.25) is 0 Å². The average Bonchev–Trinajstić information content (AvgIpc) is 3.17. The molecule has 0 unspecified atom stereocenters. The van der Waals surface area contributed by atoms with Crippen molar-refractivity contribution in [2.45, 2.75) is 25.4 Å².